The number of alkyl halides is 3. The van der Waals surface area contributed by atoms with E-state index >= 15 is 0 Å². The van der Waals surface area contributed by atoms with Crippen molar-refractivity contribution in [3.8, 4) is 0 Å². The van der Waals surface area contributed by atoms with Gasteiger partial charge in [0.25, 0.3) is 0 Å². The number of likely N-dealkylation sites (N-methyl/N-ethyl adjacent to an activating group) is 1. The Morgan fingerprint density at radius 3 is 2.55 bits per heavy atom. The molecule has 158 valence electrons. The fourth-order valence-corrected chi connectivity index (χ4v) is 3.49. The molecule has 1 N–H and O–H groups in total. The monoisotopic (exact) mass is 430 g/mol. The van der Waals surface area contributed by atoms with E-state index in [2.05, 4.69) is 15.4 Å². The number of nitrogens with zero attached hydrogens (tertiary/aromatic N) is 3. The fraction of sp³-hybridized carbons (Fsp3) is 0.474. The number of hydrogen-bond acceptors (Lipinski definition) is 5. The number of rotatable bonds is 5. The van der Waals surface area contributed by atoms with Gasteiger partial charge in [0.1, 0.15) is 0 Å². The van der Waals surface area contributed by atoms with Gasteiger partial charge >= 0.3 is 6.18 Å². The van der Waals surface area contributed by atoms with Crippen LogP contribution in [-0.2, 0) is 17.4 Å². The normalized spacial score (nSPS) is 15.6. The molecule has 1 amide bonds. The summed E-state index contributed by atoms with van der Waals surface area (Å²) in [6.07, 6.45) is -4.40. The van der Waals surface area contributed by atoms with Crippen LogP contribution in [0.5, 0.6) is 0 Å². The zero-order valence-electron chi connectivity index (χ0n) is 16.1. The molecule has 2 heterocycles. The molecule has 1 aromatic heterocycles. The molecule has 29 heavy (non-hydrogen) atoms. The van der Waals surface area contributed by atoms with Crippen LogP contribution in [-0.4, -0.2) is 49.2 Å². The van der Waals surface area contributed by atoms with Crippen molar-refractivity contribution in [1.82, 2.24) is 10.1 Å². The van der Waals surface area contributed by atoms with Gasteiger partial charge in [-0.1, -0.05) is 5.16 Å². The summed E-state index contributed by atoms with van der Waals surface area (Å²) in [6, 6.07) is 4.02. The Morgan fingerprint density at radius 2 is 1.97 bits per heavy atom. The second kappa shape index (κ2) is 8.62. The lowest BCUT2D eigenvalue weighted by Crippen LogP contribution is -2.44. The molecule has 2 aromatic rings. The van der Waals surface area contributed by atoms with Crippen molar-refractivity contribution in [1.29, 1.82) is 0 Å². The lowest BCUT2D eigenvalue weighted by Gasteiger charge is -2.34. The molecule has 10 heteroatoms. The first kappa shape index (κ1) is 21.4. The Balaban J connectivity index is 1.73. The summed E-state index contributed by atoms with van der Waals surface area (Å²) < 4.78 is 45.6. The molecule has 6 nitrogen and oxygen atoms in total. The molecule has 1 aliphatic heterocycles. The first-order chi connectivity index (χ1) is 13.6. The van der Waals surface area contributed by atoms with Crippen LogP contribution >= 0.6 is 11.6 Å². The van der Waals surface area contributed by atoms with Gasteiger partial charge in [0.05, 0.1) is 16.9 Å². The van der Waals surface area contributed by atoms with Gasteiger partial charge in [-0.15, -0.1) is 0 Å². The summed E-state index contributed by atoms with van der Waals surface area (Å²) in [6.45, 7) is 4.55. The van der Waals surface area contributed by atoms with Gasteiger partial charge in [0.2, 0.25) is 11.1 Å². The van der Waals surface area contributed by atoms with Crippen LogP contribution in [0.15, 0.2) is 22.7 Å². The third-order valence-corrected chi connectivity index (χ3v) is 5.29. The van der Waals surface area contributed by atoms with E-state index in [0.29, 0.717) is 30.0 Å². The van der Waals surface area contributed by atoms with E-state index in [4.69, 9.17) is 16.1 Å². The first-order valence-corrected chi connectivity index (χ1v) is 9.58. The van der Waals surface area contributed by atoms with E-state index in [1.54, 1.807) is 13.0 Å². The number of nitrogens with one attached hydrogen (secondary N) is 1. The van der Waals surface area contributed by atoms with E-state index < -0.39 is 17.6 Å². The smallest absolute Gasteiger partial charge is 0.369 e. The van der Waals surface area contributed by atoms with Gasteiger partial charge in [-0.25, -0.2) is 0 Å². The third kappa shape index (κ3) is 5.22. The van der Waals surface area contributed by atoms with Gasteiger partial charge < -0.3 is 19.6 Å². The molecule has 1 aliphatic rings. The van der Waals surface area contributed by atoms with Crippen molar-refractivity contribution in [3.63, 3.8) is 0 Å². The van der Waals surface area contributed by atoms with E-state index in [1.807, 2.05) is 11.9 Å². The second-order valence-corrected chi connectivity index (χ2v) is 7.43. The lowest BCUT2D eigenvalue weighted by atomic mass is 10.1. The van der Waals surface area contributed by atoms with Crippen molar-refractivity contribution < 1.29 is 22.5 Å². The van der Waals surface area contributed by atoms with Crippen molar-refractivity contribution in [2.75, 3.05) is 43.4 Å². The Kier molecular flexibility index (Phi) is 6.38. The highest BCUT2D eigenvalue weighted by Gasteiger charge is 2.35. The largest absolute Gasteiger partial charge is 0.418 e. The highest BCUT2D eigenvalue weighted by Crippen LogP contribution is 2.37. The maximum Gasteiger partial charge on any atom is 0.418 e. The van der Waals surface area contributed by atoms with Gasteiger partial charge in [-0.3, -0.25) is 4.79 Å². The fourth-order valence-electron chi connectivity index (χ4n) is 3.23. The minimum atomic E-state index is -4.58. The molecule has 0 unspecified atom stereocenters. The molecule has 3 rings (SSSR count). The number of halogens is 4. The molecule has 0 atom stereocenters. The molecule has 0 bridgehead atoms. The molecule has 0 aliphatic carbocycles. The summed E-state index contributed by atoms with van der Waals surface area (Å²) in [7, 11) is 1.98. The zero-order valence-corrected chi connectivity index (χ0v) is 16.9. The predicted octanol–water partition coefficient (Wildman–Crippen LogP) is 3.98. The van der Waals surface area contributed by atoms with E-state index in [9.17, 15) is 18.0 Å². The number of carbonyl (C=O) groups excluding carboxylic acids is 1. The van der Waals surface area contributed by atoms with Crippen LogP contribution in [0.3, 0.4) is 0 Å². The Bertz CT molecular complexity index is 857. The average molecular weight is 431 g/mol. The van der Waals surface area contributed by atoms with Crippen LogP contribution in [0.1, 0.15) is 23.2 Å². The van der Waals surface area contributed by atoms with Crippen molar-refractivity contribution in [3.05, 3.63) is 40.2 Å². The molecular formula is C19H22ClF3N4O2. The Labute approximate surface area is 171 Å². The average Bonchev–Trinajstić information content (AvgIpc) is 2.98. The quantitative estimate of drug-likeness (QED) is 0.777. The van der Waals surface area contributed by atoms with Gasteiger partial charge in [-0.05, 0) is 50.2 Å². The molecule has 0 spiro atoms. The summed E-state index contributed by atoms with van der Waals surface area (Å²) in [5.74, 6) is -0.542. The number of piperazine rings is 1. The van der Waals surface area contributed by atoms with Gasteiger partial charge in [0, 0.05) is 43.9 Å². The van der Waals surface area contributed by atoms with Gasteiger partial charge in [-0.2, -0.15) is 13.2 Å². The van der Waals surface area contributed by atoms with Crippen molar-refractivity contribution >= 4 is 28.9 Å². The highest BCUT2D eigenvalue weighted by molar-refractivity contribution is 6.29. The molecular weight excluding hydrogens is 409 g/mol. The highest BCUT2D eigenvalue weighted by atomic mass is 35.5. The maximum atomic E-state index is 13.6. The number of hydrogen-bond donors (Lipinski definition) is 1. The van der Waals surface area contributed by atoms with E-state index in [1.165, 1.54) is 6.07 Å². The summed E-state index contributed by atoms with van der Waals surface area (Å²) in [5, 5.41) is 6.15. The zero-order chi connectivity index (χ0) is 21.2. The summed E-state index contributed by atoms with van der Waals surface area (Å²) in [5.41, 5.74) is 0.504. The number of anilines is 2. The number of aromatic nitrogens is 1. The number of carbonyl (C=O) groups is 1. The molecule has 0 saturated carbocycles. The molecule has 1 saturated heterocycles. The van der Waals surface area contributed by atoms with Crippen LogP contribution in [0.2, 0.25) is 5.22 Å². The van der Waals surface area contributed by atoms with Crippen LogP contribution in [0, 0.1) is 6.92 Å². The number of amides is 1. The molecule has 0 radical (unpaired) electrons. The first-order valence-electron chi connectivity index (χ1n) is 9.20. The minimum absolute atomic E-state index is 0.0424. The van der Waals surface area contributed by atoms with Gasteiger partial charge in [0.15, 0.2) is 0 Å². The Hall–Kier alpha value is -2.26. The lowest BCUT2D eigenvalue weighted by molar-refractivity contribution is -0.136. The third-order valence-electron chi connectivity index (χ3n) is 4.99. The van der Waals surface area contributed by atoms with E-state index in [0.717, 1.165) is 19.2 Å². The molecule has 1 aromatic carbocycles. The number of benzene rings is 1. The Morgan fingerprint density at radius 1 is 1.28 bits per heavy atom. The maximum absolute atomic E-state index is 13.6. The van der Waals surface area contributed by atoms with Crippen molar-refractivity contribution in [2.45, 2.75) is 25.9 Å². The molecule has 1 fully saturated rings. The summed E-state index contributed by atoms with van der Waals surface area (Å²) >= 11 is 5.86. The standard InChI is InChI=1S/C19H22ClF3N4O2/c1-12-14(18(20)29-25-12)4-6-17(28)24-16-5-3-13(11-15(16)19(21,22)23)27-9-7-26(2)8-10-27/h3,5,11H,4,6-10H2,1-2H3,(H,24,28). The van der Waals surface area contributed by atoms with Crippen LogP contribution in [0.25, 0.3) is 0 Å². The van der Waals surface area contributed by atoms with Crippen LogP contribution < -0.4 is 10.2 Å². The predicted molar refractivity (Wildman–Crippen MR) is 104 cm³/mol. The SMILES string of the molecule is Cc1noc(Cl)c1CCC(=O)Nc1ccc(N2CCN(C)CC2)cc1C(F)(F)F. The topological polar surface area (TPSA) is 61.6 Å². The van der Waals surface area contributed by atoms with Crippen LogP contribution in [0.4, 0.5) is 24.5 Å². The summed E-state index contributed by atoms with van der Waals surface area (Å²) in [4.78, 5) is 16.3. The van der Waals surface area contributed by atoms with E-state index in [-0.39, 0.29) is 23.7 Å². The number of aryl methyl sites for hydroxylation is 1. The second-order valence-electron chi connectivity index (χ2n) is 7.09. The minimum Gasteiger partial charge on any atom is -0.369 e. The van der Waals surface area contributed by atoms with Crippen molar-refractivity contribution in [2.24, 2.45) is 0 Å².